The summed E-state index contributed by atoms with van der Waals surface area (Å²) >= 11 is 1.25. The first-order chi connectivity index (χ1) is 18.6. The number of thioether (sulfide) groups is 1. The molecular formula is C29H32F2N4O3S. The van der Waals surface area contributed by atoms with Crippen LogP contribution in [0.3, 0.4) is 0 Å². The Balaban J connectivity index is 1.65. The molecule has 2 aliphatic rings. The van der Waals surface area contributed by atoms with E-state index in [2.05, 4.69) is 5.32 Å². The van der Waals surface area contributed by atoms with Gasteiger partial charge in [0.1, 0.15) is 24.0 Å². The van der Waals surface area contributed by atoms with Crippen LogP contribution in [-0.2, 0) is 19.9 Å². The molecule has 7 nitrogen and oxygen atoms in total. The normalized spacial score (nSPS) is 19.6. The molecular weight excluding hydrogens is 522 g/mol. The number of anilines is 1. The van der Waals surface area contributed by atoms with Crippen molar-refractivity contribution in [1.29, 1.82) is 0 Å². The Kier molecular flexibility index (Phi) is 7.77. The van der Waals surface area contributed by atoms with E-state index in [9.17, 15) is 14.0 Å². The van der Waals surface area contributed by atoms with E-state index in [0.717, 1.165) is 24.5 Å². The third-order valence-electron chi connectivity index (χ3n) is 6.87. The predicted octanol–water partition coefficient (Wildman–Crippen LogP) is 5.05. The molecule has 2 aromatic carbocycles. The van der Waals surface area contributed by atoms with Gasteiger partial charge < -0.3 is 10.1 Å². The first-order valence-corrected chi connectivity index (χ1v) is 14.1. The topological polar surface area (TPSA) is 76.5 Å². The van der Waals surface area contributed by atoms with Crippen LogP contribution in [0.15, 0.2) is 48.5 Å². The van der Waals surface area contributed by atoms with Gasteiger partial charge in [-0.05, 0) is 39.7 Å². The second-order valence-corrected chi connectivity index (χ2v) is 11.9. The van der Waals surface area contributed by atoms with Crippen molar-refractivity contribution in [3.63, 3.8) is 0 Å². The fourth-order valence-electron chi connectivity index (χ4n) is 4.99. The Hall–Kier alpha value is -3.24. The third-order valence-corrected chi connectivity index (χ3v) is 8.11. The summed E-state index contributed by atoms with van der Waals surface area (Å²) in [5, 5.41) is 7.21. The highest BCUT2D eigenvalue weighted by atomic mass is 32.2. The summed E-state index contributed by atoms with van der Waals surface area (Å²) in [7, 11) is 0. The Morgan fingerprint density at radius 3 is 2.62 bits per heavy atom. The average molecular weight is 555 g/mol. The van der Waals surface area contributed by atoms with Gasteiger partial charge in [-0.2, -0.15) is 5.10 Å². The fraction of sp³-hybridized carbons (Fsp3) is 0.414. The van der Waals surface area contributed by atoms with Crippen molar-refractivity contribution in [3.8, 4) is 11.3 Å². The van der Waals surface area contributed by atoms with Crippen molar-refractivity contribution in [3.05, 3.63) is 71.3 Å². The number of rotatable bonds is 6. The summed E-state index contributed by atoms with van der Waals surface area (Å²) < 4.78 is 36.5. The minimum Gasteiger partial charge on any atom is -0.376 e. The maximum atomic E-state index is 15.2. The SMILES string of the molecule is CC(C)(C)n1nc(-c2ccccc2)c2c1N(CC(=O)NC[C@@H]1CCCO1)C(=O)CS[C@H]2c1ccc(F)cc1F. The summed E-state index contributed by atoms with van der Waals surface area (Å²) in [6.45, 7) is 6.72. The quantitative estimate of drug-likeness (QED) is 0.462. The molecule has 206 valence electrons. The van der Waals surface area contributed by atoms with E-state index in [1.165, 1.54) is 28.8 Å². The number of halogens is 2. The first kappa shape index (κ1) is 27.3. The van der Waals surface area contributed by atoms with Crippen LogP contribution in [0.2, 0.25) is 0 Å². The maximum absolute atomic E-state index is 15.2. The van der Waals surface area contributed by atoms with Crippen LogP contribution in [0.4, 0.5) is 14.6 Å². The number of benzene rings is 2. The van der Waals surface area contributed by atoms with E-state index in [4.69, 9.17) is 9.84 Å². The number of aromatic nitrogens is 2. The number of ether oxygens (including phenoxy) is 1. The van der Waals surface area contributed by atoms with Gasteiger partial charge in [0.2, 0.25) is 11.8 Å². The molecule has 10 heteroatoms. The Morgan fingerprint density at radius 2 is 1.95 bits per heavy atom. The summed E-state index contributed by atoms with van der Waals surface area (Å²) in [6, 6.07) is 13.0. The van der Waals surface area contributed by atoms with Crippen molar-refractivity contribution in [1.82, 2.24) is 15.1 Å². The van der Waals surface area contributed by atoms with Crippen LogP contribution in [0.5, 0.6) is 0 Å². The molecule has 2 atom stereocenters. The summed E-state index contributed by atoms with van der Waals surface area (Å²) in [4.78, 5) is 28.2. The molecule has 0 spiro atoms. The molecule has 3 aromatic rings. The molecule has 1 aromatic heterocycles. The lowest BCUT2D eigenvalue weighted by Gasteiger charge is -2.29. The van der Waals surface area contributed by atoms with Gasteiger partial charge in [0, 0.05) is 35.9 Å². The van der Waals surface area contributed by atoms with E-state index >= 15 is 4.39 Å². The maximum Gasteiger partial charge on any atom is 0.240 e. The smallest absolute Gasteiger partial charge is 0.240 e. The molecule has 0 bridgehead atoms. The van der Waals surface area contributed by atoms with Gasteiger partial charge in [-0.15, -0.1) is 11.8 Å². The van der Waals surface area contributed by atoms with E-state index in [1.54, 1.807) is 4.68 Å². The minimum atomic E-state index is -0.698. The molecule has 3 heterocycles. The molecule has 0 aliphatic carbocycles. The highest BCUT2D eigenvalue weighted by molar-refractivity contribution is 8.00. The molecule has 2 aliphatic heterocycles. The van der Waals surface area contributed by atoms with Crippen molar-refractivity contribution in [2.24, 2.45) is 0 Å². The van der Waals surface area contributed by atoms with Crippen LogP contribution in [0, 0.1) is 11.6 Å². The number of hydrogen-bond donors (Lipinski definition) is 1. The van der Waals surface area contributed by atoms with Crippen LogP contribution in [-0.4, -0.2) is 53.1 Å². The molecule has 1 fully saturated rings. The average Bonchev–Trinajstić information content (AvgIpc) is 3.53. The van der Waals surface area contributed by atoms with Crippen molar-refractivity contribution in [2.75, 3.05) is 30.3 Å². The van der Waals surface area contributed by atoms with E-state index in [1.807, 2.05) is 51.1 Å². The van der Waals surface area contributed by atoms with Crippen LogP contribution < -0.4 is 10.2 Å². The summed E-state index contributed by atoms with van der Waals surface area (Å²) in [5.74, 6) is -1.53. The molecule has 2 amide bonds. The van der Waals surface area contributed by atoms with Crippen LogP contribution in [0.1, 0.15) is 50.0 Å². The largest absolute Gasteiger partial charge is 0.376 e. The fourth-order valence-corrected chi connectivity index (χ4v) is 6.21. The second kappa shape index (κ2) is 11.1. The lowest BCUT2D eigenvalue weighted by atomic mass is 9.98. The number of nitrogens with zero attached hydrogens (tertiary/aromatic N) is 3. The number of amides is 2. The van der Waals surface area contributed by atoms with Gasteiger partial charge in [-0.3, -0.25) is 14.5 Å². The minimum absolute atomic E-state index is 0.00749. The lowest BCUT2D eigenvalue weighted by molar-refractivity contribution is -0.123. The summed E-state index contributed by atoms with van der Waals surface area (Å²) in [5.41, 5.74) is 1.67. The zero-order valence-electron chi connectivity index (χ0n) is 22.2. The van der Waals surface area contributed by atoms with Gasteiger partial charge in [-0.1, -0.05) is 36.4 Å². The molecule has 1 N–H and O–H groups in total. The third kappa shape index (κ3) is 5.72. The molecule has 5 rings (SSSR count). The first-order valence-electron chi connectivity index (χ1n) is 13.1. The number of carbonyl (C=O) groups is 2. The van der Waals surface area contributed by atoms with Gasteiger partial charge in [-0.25, -0.2) is 13.5 Å². The number of carbonyl (C=O) groups excluding carboxylic acids is 2. The van der Waals surface area contributed by atoms with Crippen molar-refractivity contribution < 1.29 is 23.1 Å². The standard InChI is InChI=1S/C29H32F2N4O3S/c1-29(2,3)35-28-25(26(33-35)18-8-5-4-6-9-18)27(21-12-11-19(30)14-22(21)31)39-17-24(37)34(28)16-23(36)32-15-20-10-7-13-38-20/h4-6,8-9,11-12,14,20,27H,7,10,13,15-17H2,1-3H3,(H,32,36)/t20-,27-/m0/s1. The second-order valence-electron chi connectivity index (χ2n) is 10.8. The Morgan fingerprint density at radius 1 is 1.18 bits per heavy atom. The van der Waals surface area contributed by atoms with Crippen molar-refractivity contribution >= 4 is 29.4 Å². The van der Waals surface area contributed by atoms with E-state index < -0.39 is 22.4 Å². The zero-order chi connectivity index (χ0) is 27.7. The van der Waals surface area contributed by atoms with Gasteiger partial charge in [0.05, 0.1) is 28.3 Å². The highest BCUT2D eigenvalue weighted by Crippen LogP contribution is 2.49. The molecule has 0 radical (unpaired) electrons. The molecule has 39 heavy (non-hydrogen) atoms. The Bertz CT molecular complexity index is 1370. The number of nitrogens with one attached hydrogen (secondary N) is 1. The van der Waals surface area contributed by atoms with Gasteiger partial charge in [0.25, 0.3) is 0 Å². The molecule has 1 saturated heterocycles. The predicted molar refractivity (Wildman–Crippen MR) is 148 cm³/mol. The highest BCUT2D eigenvalue weighted by Gasteiger charge is 2.40. The van der Waals surface area contributed by atoms with Gasteiger partial charge >= 0.3 is 0 Å². The lowest BCUT2D eigenvalue weighted by Crippen LogP contribution is -2.45. The zero-order valence-corrected chi connectivity index (χ0v) is 23.1. The molecule has 0 saturated carbocycles. The van der Waals surface area contributed by atoms with E-state index in [0.29, 0.717) is 30.2 Å². The monoisotopic (exact) mass is 554 g/mol. The number of fused-ring (bicyclic) bond motifs is 1. The van der Waals surface area contributed by atoms with Gasteiger partial charge in [0.15, 0.2) is 0 Å². The van der Waals surface area contributed by atoms with Crippen LogP contribution in [0.25, 0.3) is 11.3 Å². The van der Waals surface area contributed by atoms with E-state index in [-0.39, 0.29) is 35.8 Å². The molecule has 0 unspecified atom stereocenters. The van der Waals surface area contributed by atoms with Crippen LogP contribution >= 0.6 is 11.8 Å². The Labute approximate surface area is 230 Å². The summed E-state index contributed by atoms with van der Waals surface area (Å²) in [6.07, 6.45) is 1.81. The number of hydrogen-bond acceptors (Lipinski definition) is 5. The van der Waals surface area contributed by atoms with Crippen molar-refractivity contribution in [2.45, 2.75) is 50.5 Å².